The van der Waals surface area contributed by atoms with Crippen molar-refractivity contribution >= 4 is 24.9 Å². The number of aldehydes is 1. The van der Waals surface area contributed by atoms with Gasteiger partial charge in [-0.05, 0) is 0 Å². The Morgan fingerprint density at radius 3 is 2.25 bits per heavy atom. The van der Waals surface area contributed by atoms with Crippen LogP contribution in [0.4, 0.5) is 0 Å². The van der Waals surface area contributed by atoms with Gasteiger partial charge in [-0.15, -0.1) is 0 Å². The first-order valence-electron chi connectivity index (χ1n) is 4.38. The van der Waals surface area contributed by atoms with Gasteiger partial charge in [0.05, 0.1) is 12.4 Å². The Balaban J connectivity index is 4.45. The van der Waals surface area contributed by atoms with Gasteiger partial charge < -0.3 is 25.2 Å². The van der Waals surface area contributed by atoms with Gasteiger partial charge in [0, 0.05) is 0 Å². The molecule has 0 aromatic carbocycles. The predicted octanol–water partition coefficient (Wildman–Crippen LogP) is -2.90. The molecule has 4 N–H and O–H groups in total. The summed E-state index contributed by atoms with van der Waals surface area (Å²) in [6, 6.07) is 0. The topological polar surface area (TPSA) is 124 Å². The Morgan fingerprint density at radius 2 is 1.88 bits per heavy atom. The molecule has 0 bridgehead atoms. The molecule has 4 atom stereocenters. The molecular weight excluding hydrogens is 240 g/mol. The van der Waals surface area contributed by atoms with E-state index in [1.165, 1.54) is 0 Å². The van der Waals surface area contributed by atoms with Crippen molar-refractivity contribution < 1.29 is 34.8 Å². The Morgan fingerprint density at radius 1 is 1.31 bits per heavy atom. The molecule has 0 rings (SSSR count). The number of hydrogen-bond acceptors (Lipinski definition) is 8. The molecule has 0 aromatic rings. The van der Waals surface area contributed by atoms with Crippen molar-refractivity contribution in [3.05, 3.63) is 0 Å². The van der Waals surface area contributed by atoms with E-state index in [2.05, 4.69) is 17.4 Å². The van der Waals surface area contributed by atoms with Gasteiger partial charge in [-0.3, -0.25) is 9.59 Å². The molecule has 0 heterocycles. The maximum Gasteiger partial charge on any atom is 0.316 e. The minimum atomic E-state index is -1.82. The predicted molar refractivity (Wildman–Crippen MR) is 54.9 cm³/mol. The van der Waals surface area contributed by atoms with E-state index in [0.29, 0.717) is 0 Å². The van der Waals surface area contributed by atoms with Crippen molar-refractivity contribution in [2.24, 2.45) is 0 Å². The second kappa shape index (κ2) is 7.58. The van der Waals surface area contributed by atoms with Gasteiger partial charge in [0.15, 0.2) is 12.4 Å². The third-order valence-corrected chi connectivity index (χ3v) is 2.06. The van der Waals surface area contributed by atoms with Crippen LogP contribution in [0.5, 0.6) is 0 Å². The largest absolute Gasteiger partial charge is 0.451 e. The van der Waals surface area contributed by atoms with Gasteiger partial charge >= 0.3 is 5.97 Å². The summed E-state index contributed by atoms with van der Waals surface area (Å²) in [5, 5.41) is 36.1. The summed E-state index contributed by atoms with van der Waals surface area (Å²) in [6.07, 6.45) is -6.75. The Kier molecular flexibility index (Phi) is 7.26. The molecule has 0 fully saturated rings. The smallest absolute Gasteiger partial charge is 0.316 e. The number of carbonyl (C=O) groups excluding carboxylic acids is 2. The number of esters is 1. The molecule has 0 spiro atoms. The standard InChI is InChI=1S/C8H14O7S/c9-1-4(11)7(13)8(14)5(2-10)15-6(12)3-16/h2,4-5,7-9,11,13-14,16H,1,3H2/t4-,5+,7-,8-/m1/s1. The summed E-state index contributed by atoms with van der Waals surface area (Å²) in [5.74, 6) is -1.15. The van der Waals surface area contributed by atoms with Gasteiger partial charge in [-0.2, -0.15) is 12.6 Å². The molecule has 0 amide bonds. The van der Waals surface area contributed by atoms with Crippen LogP contribution < -0.4 is 0 Å². The quantitative estimate of drug-likeness (QED) is 0.187. The first-order chi connectivity index (χ1) is 7.47. The zero-order valence-corrected chi connectivity index (χ0v) is 9.16. The summed E-state index contributed by atoms with van der Waals surface area (Å²) >= 11 is 3.58. The van der Waals surface area contributed by atoms with Crippen molar-refractivity contribution in [1.29, 1.82) is 0 Å². The van der Waals surface area contributed by atoms with Crippen molar-refractivity contribution in [2.45, 2.75) is 24.4 Å². The molecule has 0 aliphatic rings. The van der Waals surface area contributed by atoms with Gasteiger partial charge in [0.1, 0.15) is 18.3 Å². The fourth-order valence-electron chi connectivity index (χ4n) is 0.897. The number of hydrogen-bond donors (Lipinski definition) is 5. The van der Waals surface area contributed by atoms with E-state index in [1.807, 2.05) is 0 Å². The lowest BCUT2D eigenvalue weighted by atomic mass is 10.0. The molecule has 8 heteroatoms. The third-order valence-electron chi connectivity index (χ3n) is 1.80. The van der Waals surface area contributed by atoms with E-state index in [4.69, 9.17) is 10.2 Å². The minimum absolute atomic E-state index is 0.110. The summed E-state index contributed by atoms with van der Waals surface area (Å²) < 4.78 is 4.44. The molecule has 94 valence electrons. The first-order valence-corrected chi connectivity index (χ1v) is 5.01. The number of aliphatic hydroxyl groups excluding tert-OH is 4. The van der Waals surface area contributed by atoms with E-state index < -0.39 is 37.0 Å². The minimum Gasteiger partial charge on any atom is -0.451 e. The van der Waals surface area contributed by atoms with E-state index in [1.54, 1.807) is 0 Å². The maximum atomic E-state index is 10.8. The fraction of sp³-hybridized carbons (Fsp3) is 0.750. The first kappa shape index (κ1) is 15.3. The average Bonchev–Trinajstić information content (AvgIpc) is 2.32. The molecular formula is C8H14O7S. The van der Waals surface area contributed by atoms with Crippen LogP contribution in [-0.2, 0) is 14.3 Å². The summed E-state index contributed by atoms with van der Waals surface area (Å²) in [6.45, 7) is -0.801. The SMILES string of the molecule is O=C[C@H](OC(=O)CS)[C@@H](O)[C@H](O)[C@H](O)CO. The zero-order valence-electron chi connectivity index (χ0n) is 8.26. The monoisotopic (exact) mass is 254 g/mol. The van der Waals surface area contributed by atoms with Crippen molar-refractivity contribution in [3.8, 4) is 0 Å². The lowest BCUT2D eigenvalue weighted by Crippen LogP contribution is -2.48. The highest BCUT2D eigenvalue weighted by atomic mass is 32.1. The van der Waals surface area contributed by atoms with E-state index >= 15 is 0 Å². The van der Waals surface area contributed by atoms with E-state index in [0.717, 1.165) is 0 Å². The number of ether oxygens (including phenoxy) is 1. The number of thiol groups is 1. The summed E-state index contributed by atoms with van der Waals surface area (Å²) in [4.78, 5) is 21.3. The summed E-state index contributed by atoms with van der Waals surface area (Å²) in [7, 11) is 0. The Bertz CT molecular complexity index is 234. The van der Waals surface area contributed by atoms with Crippen molar-refractivity contribution in [2.75, 3.05) is 12.4 Å². The van der Waals surface area contributed by atoms with Gasteiger partial charge in [0.25, 0.3) is 0 Å². The van der Waals surface area contributed by atoms with Gasteiger partial charge in [0.2, 0.25) is 0 Å². The highest BCUT2D eigenvalue weighted by Gasteiger charge is 2.33. The second-order valence-electron chi connectivity index (χ2n) is 2.98. The highest BCUT2D eigenvalue weighted by Crippen LogP contribution is 2.07. The normalized spacial score (nSPS) is 18.3. The van der Waals surface area contributed by atoms with Gasteiger partial charge in [-0.1, -0.05) is 0 Å². The number of rotatable bonds is 7. The lowest BCUT2D eigenvalue weighted by Gasteiger charge is -2.25. The summed E-state index contributed by atoms with van der Waals surface area (Å²) in [5.41, 5.74) is 0. The fourth-order valence-corrected chi connectivity index (χ4v) is 0.972. The average molecular weight is 254 g/mol. The van der Waals surface area contributed by atoms with Crippen molar-refractivity contribution in [3.63, 3.8) is 0 Å². The zero-order chi connectivity index (χ0) is 12.7. The maximum absolute atomic E-state index is 10.8. The molecule has 0 saturated heterocycles. The van der Waals surface area contributed by atoms with Crippen LogP contribution in [0.15, 0.2) is 0 Å². The highest BCUT2D eigenvalue weighted by molar-refractivity contribution is 7.81. The van der Waals surface area contributed by atoms with Crippen LogP contribution in [0.1, 0.15) is 0 Å². The van der Waals surface area contributed by atoms with E-state index in [-0.39, 0.29) is 12.0 Å². The molecule has 0 saturated carbocycles. The molecule has 0 aromatic heterocycles. The Hall–Kier alpha value is -0.670. The van der Waals surface area contributed by atoms with Gasteiger partial charge in [-0.25, -0.2) is 0 Å². The second-order valence-corrected chi connectivity index (χ2v) is 3.30. The Labute approximate surface area is 97.1 Å². The van der Waals surface area contributed by atoms with Crippen LogP contribution in [-0.4, -0.2) is 69.5 Å². The third kappa shape index (κ3) is 4.45. The molecule has 0 unspecified atom stereocenters. The molecule has 0 aliphatic carbocycles. The van der Waals surface area contributed by atoms with Crippen molar-refractivity contribution in [1.82, 2.24) is 0 Å². The van der Waals surface area contributed by atoms with Crippen LogP contribution in [0, 0.1) is 0 Å². The van der Waals surface area contributed by atoms with E-state index in [9.17, 15) is 19.8 Å². The van der Waals surface area contributed by atoms with Crippen LogP contribution in [0.25, 0.3) is 0 Å². The number of aliphatic hydroxyl groups is 4. The molecule has 16 heavy (non-hydrogen) atoms. The van der Waals surface area contributed by atoms with Crippen LogP contribution in [0.2, 0.25) is 0 Å². The molecule has 0 radical (unpaired) electrons. The van der Waals surface area contributed by atoms with Crippen LogP contribution in [0.3, 0.4) is 0 Å². The van der Waals surface area contributed by atoms with Crippen LogP contribution >= 0.6 is 12.6 Å². The number of carbonyl (C=O) groups is 2. The molecule has 7 nitrogen and oxygen atoms in total. The molecule has 0 aliphatic heterocycles. The lowest BCUT2D eigenvalue weighted by molar-refractivity contribution is -0.165.